The molecule has 0 aromatic rings. The fraction of sp³-hybridized carbons (Fsp3) is 0.773. The van der Waals surface area contributed by atoms with E-state index in [-0.39, 0.29) is 5.88 Å². The standard InChI is InChI=1S/C22H29Cl3O13/c1-9(26)31-7-15-16(25)18(33-11(3)28)19(34-12(4)29)21(36-15)38-22(8-24)20(35-13(5)30)17(32-10(2)27)14(6-23)37-22/h14-21H,6-8H2,1-5H3/t14-,15+,16-,17+,18+,19+,20+,21-,22+/m1/s1. The van der Waals surface area contributed by atoms with Gasteiger partial charge in [-0.3, -0.25) is 24.0 Å². The normalized spacial score (nSPS) is 34.6. The monoisotopic (exact) mass is 606 g/mol. The molecule has 38 heavy (non-hydrogen) atoms. The molecule has 9 atom stereocenters. The van der Waals surface area contributed by atoms with Gasteiger partial charge in [0.25, 0.3) is 0 Å². The summed E-state index contributed by atoms with van der Waals surface area (Å²) in [4.78, 5) is 59.0. The second-order valence-electron chi connectivity index (χ2n) is 8.42. The van der Waals surface area contributed by atoms with Crippen molar-refractivity contribution in [2.24, 2.45) is 0 Å². The van der Waals surface area contributed by atoms with Crippen LogP contribution in [0.3, 0.4) is 0 Å². The summed E-state index contributed by atoms with van der Waals surface area (Å²) in [6.07, 6.45) is -9.38. The summed E-state index contributed by atoms with van der Waals surface area (Å²) >= 11 is 18.8. The van der Waals surface area contributed by atoms with Gasteiger partial charge in [0.05, 0.1) is 11.8 Å². The van der Waals surface area contributed by atoms with E-state index in [1.54, 1.807) is 0 Å². The third-order valence-corrected chi connectivity index (χ3v) is 6.53. The summed E-state index contributed by atoms with van der Waals surface area (Å²) in [5, 5.41) is -1.17. The Kier molecular flexibility index (Phi) is 11.9. The fourth-order valence-corrected chi connectivity index (χ4v) is 4.83. The molecule has 2 rings (SSSR count). The fourth-order valence-electron chi connectivity index (χ4n) is 3.99. The van der Waals surface area contributed by atoms with E-state index in [4.69, 9.17) is 72.7 Å². The van der Waals surface area contributed by atoms with Crippen LogP contribution in [0, 0.1) is 0 Å². The Morgan fingerprint density at radius 3 is 1.74 bits per heavy atom. The van der Waals surface area contributed by atoms with Crippen LogP contribution >= 0.6 is 34.8 Å². The smallest absolute Gasteiger partial charge is 0.303 e. The van der Waals surface area contributed by atoms with Crippen LogP contribution < -0.4 is 0 Å². The summed E-state index contributed by atoms with van der Waals surface area (Å²) in [6.45, 7) is 5.18. The van der Waals surface area contributed by atoms with Crippen LogP contribution in [0.4, 0.5) is 0 Å². The molecule has 216 valence electrons. The first kappa shape index (κ1) is 32.3. The van der Waals surface area contributed by atoms with Crippen molar-refractivity contribution in [3.8, 4) is 0 Å². The molecule has 2 heterocycles. The molecule has 2 aliphatic rings. The first-order valence-corrected chi connectivity index (χ1v) is 12.8. The molecule has 2 fully saturated rings. The van der Waals surface area contributed by atoms with Gasteiger partial charge in [0.15, 0.2) is 24.4 Å². The second-order valence-corrected chi connectivity index (χ2v) is 9.50. The predicted octanol–water partition coefficient (Wildman–Crippen LogP) is 1.20. The molecule has 0 amide bonds. The summed E-state index contributed by atoms with van der Waals surface area (Å²) in [6, 6.07) is 0. The van der Waals surface area contributed by atoms with E-state index in [1.807, 2.05) is 0 Å². The number of carbonyl (C=O) groups excluding carboxylic acids is 5. The molecule has 13 nitrogen and oxygen atoms in total. The summed E-state index contributed by atoms with van der Waals surface area (Å²) in [7, 11) is 0. The van der Waals surface area contributed by atoms with Crippen molar-refractivity contribution in [1.29, 1.82) is 0 Å². The Hall–Kier alpha value is -1.90. The van der Waals surface area contributed by atoms with Gasteiger partial charge in [-0.05, 0) is 0 Å². The number of rotatable bonds is 10. The second kappa shape index (κ2) is 13.9. The first-order chi connectivity index (χ1) is 17.7. The minimum atomic E-state index is -2.07. The van der Waals surface area contributed by atoms with Crippen molar-refractivity contribution >= 4 is 64.6 Å². The highest BCUT2D eigenvalue weighted by molar-refractivity contribution is 6.21. The van der Waals surface area contributed by atoms with Crippen molar-refractivity contribution in [3.05, 3.63) is 0 Å². The van der Waals surface area contributed by atoms with Gasteiger partial charge in [0.2, 0.25) is 12.1 Å². The molecule has 16 heteroatoms. The number of hydrogen-bond acceptors (Lipinski definition) is 13. The van der Waals surface area contributed by atoms with E-state index in [0.717, 1.165) is 34.6 Å². The number of ether oxygens (including phenoxy) is 8. The van der Waals surface area contributed by atoms with Crippen LogP contribution in [0.15, 0.2) is 0 Å². The van der Waals surface area contributed by atoms with Crippen molar-refractivity contribution < 1.29 is 61.9 Å². The Labute approximate surface area is 233 Å². The first-order valence-electron chi connectivity index (χ1n) is 11.3. The highest BCUT2D eigenvalue weighted by Gasteiger charge is 2.63. The van der Waals surface area contributed by atoms with E-state index in [2.05, 4.69) is 0 Å². The van der Waals surface area contributed by atoms with Crippen molar-refractivity contribution in [2.45, 2.75) is 88.7 Å². The maximum atomic E-state index is 12.0. The molecular weight excluding hydrogens is 579 g/mol. The van der Waals surface area contributed by atoms with Gasteiger partial charge in [0.1, 0.15) is 24.2 Å². The third kappa shape index (κ3) is 8.06. The average molecular weight is 608 g/mol. The maximum Gasteiger partial charge on any atom is 0.303 e. The van der Waals surface area contributed by atoms with Crippen LogP contribution in [-0.2, 0) is 61.9 Å². The molecule has 0 aromatic heterocycles. The van der Waals surface area contributed by atoms with Crippen LogP contribution in [-0.4, -0.2) is 102 Å². The summed E-state index contributed by atoms with van der Waals surface area (Å²) in [5.74, 6) is -6.59. The molecule has 0 saturated carbocycles. The third-order valence-electron chi connectivity index (χ3n) is 5.32. The molecule has 2 saturated heterocycles. The Balaban J connectivity index is 2.55. The van der Waals surface area contributed by atoms with Crippen LogP contribution in [0.2, 0.25) is 0 Å². The number of alkyl halides is 3. The van der Waals surface area contributed by atoms with Crippen LogP contribution in [0.25, 0.3) is 0 Å². The molecule has 0 radical (unpaired) electrons. The number of carbonyl (C=O) groups is 5. The summed E-state index contributed by atoms with van der Waals surface area (Å²) < 4.78 is 44.3. The molecule has 0 bridgehead atoms. The van der Waals surface area contributed by atoms with Gasteiger partial charge in [-0.15, -0.1) is 34.8 Å². The molecule has 0 aromatic carbocycles. The van der Waals surface area contributed by atoms with Crippen LogP contribution in [0.1, 0.15) is 34.6 Å². The molecular formula is C22H29Cl3O13. The Bertz CT molecular complexity index is 902. The van der Waals surface area contributed by atoms with E-state index in [0.29, 0.717) is 0 Å². The highest BCUT2D eigenvalue weighted by Crippen LogP contribution is 2.42. The van der Waals surface area contributed by atoms with Crippen molar-refractivity contribution in [2.75, 3.05) is 18.4 Å². The summed E-state index contributed by atoms with van der Waals surface area (Å²) in [5.41, 5.74) is 0. The molecule has 0 spiro atoms. The van der Waals surface area contributed by atoms with Gasteiger partial charge >= 0.3 is 29.8 Å². The lowest BCUT2D eigenvalue weighted by Crippen LogP contribution is -2.63. The van der Waals surface area contributed by atoms with E-state index in [9.17, 15) is 24.0 Å². The molecule has 0 unspecified atom stereocenters. The lowest BCUT2D eigenvalue weighted by atomic mass is 10.0. The number of hydrogen-bond donors (Lipinski definition) is 0. The largest absolute Gasteiger partial charge is 0.463 e. The Morgan fingerprint density at radius 2 is 1.26 bits per heavy atom. The van der Waals surface area contributed by atoms with Gasteiger partial charge in [-0.2, -0.15) is 0 Å². The highest BCUT2D eigenvalue weighted by atomic mass is 35.5. The van der Waals surface area contributed by atoms with Gasteiger partial charge < -0.3 is 37.9 Å². The van der Waals surface area contributed by atoms with E-state index in [1.165, 1.54) is 0 Å². The number of esters is 5. The molecule has 2 aliphatic heterocycles. The molecule has 0 aliphatic carbocycles. The minimum absolute atomic E-state index is 0.231. The zero-order valence-electron chi connectivity index (χ0n) is 21.2. The predicted molar refractivity (Wildman–Crippen MR) is 127 cm³/mol. The van der Waals surface area contributed by atoms with Crippen LogP contribution in [0.5, 0.6) is 0 Å². The zero-order chi connectivity index (χ0) is 28.8. The van der Waals surface area contributed by atoms with Gasteiger partial charge in [0, 0.05) is 34.6 Å². The number of halogens is 3. The van der Waals surface area contributed by atoms with E-state index < -0.39 is 96.4 Å². The average Bonchev–Trinajstić information content (AvgIpc) is 3.08. The zero-order valence-corrected chi connectivity index (χ0v) is 23.4. The van der Waals surface area contributed by atoms with Gasteiger partial charge in [-0.1, -0.05) is 0 Å². The van der Waals surface area contributed by atoms with Gasteiger partial charge in [-0.25, -0.2) is 0 Å². The SMILES string of the molecule is CC(=O)OC[C@@H]1O[C@H](O[C@]2(CCl)O[C@H](CCl)[C@H](OC(C)=O)[C@@H]2OC(C)=O)[C@@H](OC(C)=O)[C@@H](OC(C)=O)[C@@H]1Cl. The Morgan fingerprint density at radius 1 is 0.737 bits per heavy atom. The maximum absolute atomic E-state index is 12.0. The van der Waals surface area contributed by atoms with E-state index >= 15 is 0 Å². The van der Waals surface area contributed by atoms with Crippen molar-refractivity contribution in [3.63, 3.8) is 0 Å². The minimum Gasteiger partial charge on any atom is -0.463 e. The topological polar surface area (TPSA) is 159 Å². The lowest BCUT2D eigenvalue weighted by Gasteiger charge is -2.45. The van der Waals surface area contributed by atoms with Crippen molar-refractivity contribution in [1.82, 2.24) is 0 Å². The quantitative estimate of drug-likeness (QED) is 0.198. The molecule has 0 N–H and O–H groups in total. The lowest BCUT2D eigenvalue weighted by molar-refractivity contribution is -0.359.